The fourth-order valence-corrected chi connectivity index (χ4v) is 3.40. The summed E-state index contributed by atoms with van der Waals surface area (Å²) in [6, 6.07) is 10.4. The first-order valence-corrected chi connectivity index (χ1v) is 9.02. The summed E-state index contributed by atoms with van der Waals surface area (Å²) >= 11 is 0. The van der Waals surface area contributed by atoms with Gasteiger partial charge in [-0.1, -0.05) is 6.92 Å². The van der Waals surface area contributed by atoms with E-state index in [1.165, 1.54) is 30.7 Å². The van der Waals surface area contributed by atoms with Crippen LogP contribution in [0.5, 0.6) is 5.75 Å². The van der Waals surface area contributed by atoms with Crippen LogP contribution >= 0.6 is 0 Å². The normalized spacial score (nSPS) is 17.4. The molecule has 0 aromatic heterocycles. The topological polar surface area (TPSA) is 95.7 Å². The Hall–Kier alpha value is -2.93. The van der Waals surface area contributed by atoms with Crippen molar-refractivity contribution < 1.29 is 14.8 Å². The minimum absolute atomic E-state index is 0.0609. The Labute approximate surface area is 157 Å². The van der Waals surface area contributed by atoms with Gasteiger partial charge in [0.05, 0.1) is 4.92 Å². The van der Waals surface area contributed by atoms with Crippen LogP contribution in [0.2, 0.25) is 0 Å². The van der Waals surface area contributed by atoms with Gasteiger partial charge in [0, 0.05) is 42.0 Å². The number of phenols is 1. The van der Waals surface area contributed by atoms with Crippen molar-refractivity contribution in [3.8, 4) is 5.75 Å². The lowest BCUT2D eigenvalue weighted by molar-refractivity contribution is -0.384. The van der Waals surface area contributed by atoms with Crippen molar-refractivity contribution in [3.63, 3.8) is 0 Å². The maximum absolute atomic E-state index is 12.4. The Balaban J connectivity index is 1.69. The molecule has 1 unspecified atom stereocenters. The molecule has 1 aliphatic heterocycles. The zero-order valence-electron chi connectivity index (χ0n) is 15.2. The van der Waals surface area contributed by atoms with Crippen LogP contribution in [0.25, 0.3) is 0 Å². The highest BCUT2D eigenvalue weighted by molar-refractivity contribution is 6.04. The van der Waals surface area contributed by atoms with E-state index in [4.69, 9.17) is 0 Å². The summed E-state index contributed by atoms with van der Waals surface area (Å²) in [5.74, 6) is 0.501. The van der Waals surface area contributed by atoms with Crippen molar-refractivity contribution in [2.24, 2.45) is 5.92 Å². The fourth-order valence-electron chi connectivity index (χ4n) is 3.40. The highest BCUT2D eigenvalue weighted by atomic mass is 16.6. The summed E-state index contributed by atoms with van der Waals surface area (Å²) in [6.07, 6.45) is 2.38. The van der Waals surface area contributed by atoms with E-state index in [0.29, 0.717) is 23.7 Å². The fraction of sp³-hybridized carbons (Fsp3) is 0.350. The molecule has 0 saturated carbocycles. The van der Waals surface area contributed by atoms with Crippen LogP contribution in [-0.2, 0) is 6.54 Å². The van der Waals surface area contributed by atoms with Gasteiger partial charge in [0.15, 0.2) is 0 Å². The predicted octanol–water partition coefficient (Wildman–Crippen LogP) is 3.78. The van der Waals surface area contributed by atoms with Gasteiger partial charge in [-0.15, -0.1) is 0 Å². The number of nitro benzene ring substituents is 1. The first-order chi connectivity index (χ1) is 12.9. The Morgan fingerprint density at radius 3 is 2.70 bits per heavy atom. The molecule has 1 fully saturated rings. The maximum atomic E-state index is 12.4. The van der Waals surface area contributed by atoms with Crippen molar-refractivity contribution in [1.82, 2.24) is 4.90 Å². The van der Waals surface area contributed by atoms with E-state index in [2.05, 4.69) is 17.1 Å². The molecule has 0 aliphatic carbocycles. The molecule has 2 aromatic carbocycles. The molecule has 3 rings (SSSR count). The van der Waals surface area contributed by atoms with Crippen LogP contribution < -0.4 is 5.32 Å². The molecule has 1 amide bonds. The summed E-state index contributed by atoms with van der Waals surface area (Å²) in [4.78, 5) is 24.9. The van der Waals surface area contributed by atoms with Crippen LogP contribution in [0.15, 0.2) is 42.5 Å². The molecule has 1 saturated heterocycles. The van der Waals surface area contributed by atoms with Crippen LogP contribution in [0.4, 0.5) is 11.4 Å². The smallest absolute Gasteiger partial charge is 0.269 e. The second-order valence-electron chi connectivity index (χ2n) is 7.08. The minimum Gasteiger partial charge on any atom is -0.508 e. The zero-order chi connectivity index (χ0) is 19.4. The third kappa shape index (κ3) is 4.83. The highest BCUT2D eigenvalue weighted by Gasteiger charge is 2.18. The van der Waals surface area contributed by atoms with Gasteiger partial charge in [-0.2, -0.15) is 0 Å². The Bertz CT molecular complexity index is 836. The van der Waals surface area contributed by atoms with E-state index in [0.717, 1.165) is 25.1 Å². The van der Waals surface area contributed by atoms with Gasteiger partial charge in [-0.05, 0) is 55.6 Å². The van der Waals surface area contributed by atoms with Gasteiger partial charge < -0.3 is 10.4 Å². The number of likely N-dealkylation sites (tertiary alicyclic amines) is 1. The molecule has 0 spiro atoms. The number of nitro groups is 1. The standard InChI is InChI=1S/C20H23N3O4/c1-14-3-2-10-22(12-14)13-16-11-17(6-9-19(16)24)21-20(25)15-4-7-18(8-5-15)23(26)27/h4-9,11,14,24H,2-3,10,12-13H2,1H3,(H,21,25). The van der Waals surface area contributed by atoms with Gasteiger partial charge in [-0.25, -0.2) is 0 Å². The van der Waals surface area contributed by atoms with Crippen LogP contribution in [0.3, 0.4) is 0 Å². The molecule has 27 heavy (non-hydrogen) atoms. The van der Waals surface area contributed by atoms with Crippen molar-refractivity contribution in [2.75, 3.05) is 18.4 Å². The predicted molar refractivity (Wildman–Crippen MR) is 103 cm³/mol. The lowest BCUT2D eigenvalue weighted by atomic mass is 9.99. The number of hydrogen-bond acceptors (Lipinski definition) is 5. The second-order valence-corrected chi connectivity index (χ2v) is 7.08. The number of non-ortho nitro benzene ring substituents is 1. The second kappa shape index (κ2) is 8.18. The monoisotopic (exact) mass is 369 g/mol. The first kappa shape index (κ1) is 18.8. The quantitative estimate of drug-likeness (QED) is 0.475. The summed E-state index contributed by atoms with van der Waals surface area (Å²) in [6.45, 7) is 4.87. The lowest BCUT2D eigenvalue weighted by Crippen LogP contribution is -2.33. The molecular weight excluding hydrogens is 346 g/mol. The van der Waals surface area contributed by atoms with E-state index < -0.39 is 4.92 Å². The summed E-state index contributed by atoms with van der Waals surface area (Å²) in [7, 11) is 0. The third-order valence-corrected chi connectivity index (χ3v) is 4.81. The number of nitrogens with one attached hydrogen (secondary N) is 1. The highest BCUT2D eigenvalue weighted by Crippen LogP contribution is 2.26. The zero-order valence-corrected chi connectivity index (χ0v) is 15.2. The average Bonchev–Trinajstić information content (AvgIpc) is 2.64. The van der Waals surface area contributed by atoms with Crippen LogP contribution in [-0.4, -0.2) is 33.9 Å². The number of phenolic OH excluding ortho intramolecular Hbond substituents is 1. The van der Waals surface area contributed by atoms with Crippen molar-refractivity contribution in [3.05, 3.63) is 63.7 Å². The van der Waals surface area contributed by atoms with Gasteiger partial charge in [0.1, 0.15) is 5.75 Å². The molecule has 0 radical (unpaired) electrons. The van der Waals surface area contributed by atoms with E-state index >= 15 is 0 Å². The Morgan fingerprint density at radius 2 is 2.04 bits per heavy atom. The summed E-state index contributed by atoms with van der Waals surface area (Å²) < 4.78 is 0. The molecule has 1 atom stereocenters. The number of amides is 1. The molecule has 142 valence electrons. The molecule has 7 nitrogen and oxygen atoms in total. The first-order valence-electron chi connectivity index (χ1n) is 9.02. The average molecular weight is 369 g/mol. The number of aromatic hydroxyl groups is 1. The van der Waals surface area contributed by atoms with Crippen LogP contribution in [0, 0.1) is 16.0 Å². The molecule has 2 N–H and O–H groups in total. The molecule has 7 heteroatoms. The van der Waals surface area contributed by atoms with E-state index in [9.17, 15) is 20.0 Å². The largest absolute Gasteiger partial charge is 0.508 e. The van der Waals surface area contributed by atoms with E-state index in [1.807, 2.05) is 0 Å². The third-order valence-electron chi connectivity index (χ3n) is 4.81. The minimum atomic E-state index is -0.505. The maximum Gasteiger partial charge on any atom is 0.269 e. The number of carbonyl (C=O) groups is 1. The van der Waals surface area contributed by atoms with Crippen molar-refractivity contribution >= 4 is 17.3 Å². The Morgan fingerprint density at radius 1 is 1.30 bits per heavy atom. The molecular formula is C20H23N3O4. The van der Waals surface area contributed by atoms with Gasteiger partial charge >= 0.3 is 0 Å². The lowest BCUT2D eigenvalue weighted by Gasteiger charge is -2.31. The number of nitrogens with zero attached hydrogens (tertiary/aromatic N) is 2. The Kier molecular flexibility index (Phi) is 5.71. The molecule has 1 aliphatic rings. The number of anilines is 1. The SMILES string of the molecule is CC1CCCN(Cc2cc(NC(=O)c3ccc([N+](=O)[O-])cc3)ccc2O)C1. The summed E-state index contributed by atoms with van der Waals surface area (Å²) in [5.41, 5.74) is 1.62. The van der Waals surface area contributed by atoms with Gasteiger partial charge in [-0.3, -0.25) is 19.8 Å². The van der Waals surface area contributed by atoms with E-state index in [-0.39, 0.29) is 17.3 Å². The number of piperidine rings is 1. The van der Waals surface area contributed by atoms with Crippen molar-refractivity contribution in [1.29, 1.82) is 0 Å². The van der Waals surface area contributed by atoms with Gasteiger partial charge in [0.2, 0.25) is 0 Å². The number of carbonyl (C=O) groups excluding carboxylic acids is 1. The number of benzene rings is 2. The number of hydrogen-bond donors (Lipinski definition) is 2. The molecule has 0 bridgehead atoms. The molecule has 2 aromatic rings. The van der Waals surface area contributed by atoms with E-state index in [1.54, 1.807) is 18.2 Å². The number of rotatable bonds is 5. The van der Waals surface area contributed by atoms with Gasteiger partial charge in [0.25, 0.3) is 11.6 Å². The van der Waals surface area contributed by atoms with Crippen LogP contribution in [0.1, 0.15) is 35.7 Å². The molecule has 1 heterocycles. The summed E-state index contributed by atoms with van der Waals surface area (Å²) in [5, 5.41) is 23.6. The van der Waals surface area contributed by atoms with Crippen molar-refractivity contribution in [2.45, 2.75) is 26.3 Å².